The van der Waals surface area contributed by atoms with Gasteiger partial charge in [0.1, 0.15) is 12.6 Å². The van der Waals surface area contributed by atoms with Gasteiger partial charge in [-0.2, -0.15) is 18.4 Å². The highest BCUT2D eigenvalue weighted by Crippen LogP contribution is 2.43. The van der Waals surface area contributed by atoms with Crippen LogP contribution in [-0.2, 0) is 33.5 Å². The topological polar surface area (TPSA) is 157 Å². The van der Waals surface area contributed by atoms with Crippen molar-refractivity contribution in [2.24, 2.45) is 0 Å². The highest BCUT2D eigenvalue weighted by atomic mass is 19.4. The molecule has 1 N–H and O–H groups in total. The number of carbonyl (C=O) groups excluding carboxylic acids is 2. The van der Waals surface area contributed by atoms with Gasteiger partial charge in [0.05, 0.1) is 50.5 Å². The molecule has 250 valence electrons. The molecular weight excluding hydrogens is 631 g/mol. The molecule has 1 aliphatic heterocycles. The average Bonchev–Trinajstić information content (AvgIpc) is 3.43. The number of anilines is 2. The standard InChI is InChI=1S/C32H30F3N7O3.CH2O2/c1-20-27(29(43)45-4)28(41-30(38-39-31(41)44)40(20)25-9-5-8-24(16-25)32(33,34)35)26-11-10-21(17-36)15-23(26)12-14-42(2,3)19-22-7-6-13-37-18-22;2-1-3/h5-11,13,15-16,18,28H,12,14,19H2,1-4H3;1H,(H,2,3)/t28-;/m1./s1. The summed E-state index contributed by atoms with van der Waals surface area (Å²) < 4.78 is 47.9. The van der Waals surface area contributed by atoms with Crippen LogP contribution in [0.25, 0.3) is 0 Å². The maximum Gasteiger partial charge on any atom is 0.416 e. The van der Waals surface area contributed by atoms with Gasteiger partial charge in [0.15, 0.2) is 0 Å². The van der Waals surface area contributed by atoms with Crippen molar-refractivity contribution < 1.29 is 37.1 Å². The summed E-state index contributed by atoms with van der Waals surface area (Å²) in [7, 11) is 5.33. The number of benzene rings is 2. The lowest BCUT2D eigenvalue weighted by molar-refractivity contribution is -0.903. The van der Waals surface area contributed by atoms with E-state index < -0.39 is 35.9 Å². The number of hydrogen-bond acceptors (Lipinski definition) is 9. The summed E-state index contributed by atoms with van der Waals surface area (Å²) in [6.45, 7) is 2.39. The number of quaternary nitrogens is 1. The summed E-state index contributed by atoms with van der Waals surface area (Å²) in [5, 5.41) is 24.5. The molecule has 48 heavy (non-hydrogen) atoms. The van der Waals surface area contributed by atoms with Crippen molar-refractivity contribution in [1.29, 1.82) is 5.26 Å². The van der Waals surface area contributed by atoms with Crippen molar-refractivity contribution in [3.63, 3.8) is 0 Å². The monoisotopic (exact) mass is 663 g/mol. The SMILES string of the molecule is COC(=O)C1=C(C)N(c2cccc(C(F)(F)F)c2)c2n[nH]c(=O)n2[C@@H]1c1ccc(C#N)cc1CC[N+](C)(C)Cc1cccnc1.O=C[O-]. The summed E-state index contributed by atoms with van der Waals surface area (Å²) in [5.41, 5.74) is 1.48. The zero-order valence-corrected chi connectivity index (χ0v) is 26.5. The maximum absolute atomic E-state index is 13.7. The van der Waals surface area contributed by atoms with E-state index in [1.165, 1.54) is 28.7 Å². The van der Waals surface area contributed by atoms with Crippen molar-refractivity contribution in [1.82, 2.24) is 19.7 Å². The molecule has 1 aliphatic rings. The first-order valence-electron chi connectivity index (χ1n) is 14.5. The van der Waals surface area contributed by atoms with Crippen LogP contribution in [0.5, 0.6) is 0 Å². The number of nitrogens with zero attached hydrogens (tertiary/aromatic N) is 6. The molecule has 0 bridgehead atoms. The average molecular weight is 664 g/mol. The molecule has 12 nitrogen and oxygen atoms in total. The van der Waals surface area contributed by atoms with Crippen LogP contribution in [0.2, 0.25) is 0 Å². The summed E-state index contributed by atoms with van der Waals surface area (Å²) >= 11 is 0. The second kappa shape index (κ2) is 14.3. The van der Waals surface area contributed by atoms with Gasteiger partial charge in [-0.15, -0.1) is 5.10 Å². The lowest BCUT2D eigenvalue weighted by Crippen LogP contribution is -2.41. The minimum absolute atomic E-state index is 0.00234. The molecule has 1 atom stereocenters. The van der Waals surface area contributed by atoms with Crippen molar-refractivity contribution in [2.45, 2.75) is 32.1 Å². The molecule has 5 rings (SSSR count). The van der Waals surface area contributed by atoms with Gasteiger partial charge < -0.3 is 19.1 Å². The number of carboxylic acid groups (broad SMARTS) is 1. The molecule has 0 unspecified atom stereocenters. The number of halogens is 3. The highest BCUT2D eigenvalue weighted by Gasteiger charge is 2.41. The van der Waals surface area contributed by atoms with E-state index in [0.717, 1.165) is 23.3 Å². The number of aromatic amines is 1. The second-order valence-electron chi connectivity index (χ2n) is 11.5. The first-order chi connectivity index (χ1) is 22.8. The van der Waals surface area contributed by atoms with E-state index in [-0.39, 0.29) is 22.9 Å². The molecule has 3 heterocycles. The predicted molar refractivity (Wildman–Crippen MR) is 165 cm³/mol. The number of H-pyrrole nitrogens is 1. The van der Waals surface area contributed by atoms with Crippen LogP contribution in [-0.4, -0.2) is 64.4 Å². The third kappa shape index (κ3) is 7.45. The van der Waals surface area contributed by atoms with Crippen LogP contribution >= 0.6 is 0 Å². The predicted octanol–water partition coefficient (Wildman–Crippen LogP) is 3.23. The van der Waals surface area contributed by atoms with Gasteiger partial charge in [0.25, 0.3) is 0 Å². The third-order valence-corrected chi connectivity index (χ3v) is 7.87. The van der Waals surface area contributed by atoms with E-state index in [4.69, 9.17) is 14.6 Å². The fraction of sp³-hybridized carbons (Fsp3) is 0.273. The van der Waals surface area contributed by atoms with E-state index in [9.17, 15) is 28.0 Å². The number of methoxy groups -OCH3 is 1. The lowest BCUT2D eigenvalue weighted by atomic mass is 9.89. The Morgan fingerprint density at radius 2 is 1.92 bits per heavy atom. The number of esters is 1. The van der Waals surface area contributed by atoms with Crippen LogP contribution in [0.4, 0.5) is 24.8 Å². The van der Waals surface area contributed by atoms with Gasteiger partial charge >= 0.3 is 17.8 Å². The molecule has 2 aromatic carbocycles. The molecule has 0 amide bonds. The molecule has 0 saturated carbocycles. The fourth-order valence-corrected chi connectivity index (χ4v) is 5.73. The van der Waals surface area contributed by atoms with Gasteiger partial charge in [-0.3, -0.25) is 9.88 Å². The number of pyridine rings is 1. The fourth-order valence-electron chi connectivity index (χ4n) is 5.73. The van der Waals surface area contributed by atoms with Crippen LogP contribution in [0.3, 0.4) is 0 Å². The Balaban J connectivity index is 0.00000167. The minimum Gasteiger partial charge on any atom is -0.554 e. The van der Waals surface area contributed by atoms with Crippen LogP contribution < -0.4 is 15.7 Å². The molecule has 0 fully saturated rings. The Bertz CT molecular complexity index is 1930. The molecular formula is C33H32F3N7O5. The van der Waals surface area contributed by atoms with E-state index >= 15 is 0 Å². The molecule has 4 aromatic rings. The van der Waals surface area contributed by atoms with Gasteiger partial charge in [-0.05, 0) is 54.4 Å². The lowest BCUT2D eigenvalue weighted by Gasteiger charge is -2.36. The number of alkyl halides is 3. The minimum atomic E-state index is -4.62. The Morgan fingerprint density at radius 3 is 2.54 bits per heavy atom. The first-order valence-corrected chi connectivity index (χ1v) is 14.5. The van der Waals surface area contributed by atoms with E-state index in [1.54, 1.807) is 31.3 Å². The number of rotatable bonds is 8. The number of likely N-dealkylation sites (N-methyl/N-ethyl adjacent to an activating group) is 1. The Morgan fingerprint density at radius 1 is 1.19 bits per heavy atom. The summed E-state index contributed by atoms with van der Waals surface area (Å²) in [4.78, 5) is 40.6. The summed E-state index contributed by atoms with van der Waals surface area (Å²) in [5.74, 6) is -0.770. The second-order valence-corrected chi connectivity index (χ2v) is 11.5. The van der Waals surface area contributed by atoms with E-state index in [2.05, 4.69) is 35.3 Å². The van der Waals surface area contributed by atoms with Gasteiger partial charge in [0.2, 0.25) is 5.95 Å². The Kier molecular flexibility index (Phi) is 10.5. The zero-order valence-electron chi connectivity index (χ0n) is 26.5. The summed E-state index contributed by atoms with van der Waals surface area (Å²) in [6, 6.07) is 14.6. The number of hydrogen-bond donors (Lipinski definition) is 1. The number of ether oxygens (including phenoxy) is 1. The van der Waals surface area contributed by atoms with Crippen molar-refractivity contribution in [2.75, 3.05) is 32.6 Å². The maximum atomic E-state index is 13.7. The Labute approximate surface area is 273 Å². The molecule has 0 spiro atoms. The molecule has 0 saturated heterocycles. The quantitative estimate of drug-likeness (QED) is 0.170. The van der Waals surface area contributed by atoms with Gasteiger partial charge in [0, 0.05) is 42.2 Å². The van der Waals surface area contributed by atoms with Gasteiger partial charge in [-0.1, -0.05) is 18.2 Å². The first kappa shape index (κ1) is 35.1. The molecule has 0 radical (unpaired) electrons. The number of nitriles is 1. The highest BCUT2D eigenvalue weighted by molar-refractivity contribution is 5.93. The smallest absolute Gasteiger partial charge is 0.416 e. The van der Waals surface area contributed by atoms with E-state index in [0.29, 0.717) is 35.1 Å². The third-order valence-electron chi connectivity index (χ3n) is 7.87. The molecule has 0 aliphatic carbocycles. The summed E-state index contributed by atoms with van der Waals surface area (Å²) in [6.07, 6.45) is -0.630. The number of carbonyl (C=O) groups is 2. The van der Waals surface area contributed by atoms with Crippen molar-refractivity contribution in [3.8, 4) is 6.07 Å². The van der Waals surface area contributed by atoms with Crippen LogP contribution in [0.15, 0.2) is 83.1 Å². The largest absolute Gasteiger partial charge is 0.554 e. The van der Waals surface area contributed by atoms with Crippen LogP contribution in [0, 0.1) is 11.3 Å². The van der Waals surface area contributed by atoms with Gasteiger partial charge in [-0.25, -0.2) is 19.3 Å². The number of nitrogens with one attached hydrogen (secondary N) is 1. The van der Waals surface area contributed by atoms with E-state index in [1.807, 2.05) is 18.3 Å². The number of fused-ring (bicyclic) bond motifs is 1. The van der Waals surface area contributed by atoms with Crippen LogP contribution in [0.1, 0.15) is 40.8 Å². The normalized spacial score (nSPS) is 14.4. The number of aromatic nitrogens is 4. The number of allylic oxidation sites excluding steroid dienone is 1. The molecule has 2 aromatic heterocycles. The van der Waals surface area contributed by atoms with Crippen molar-refractivity contribution >= 4 is 24.1 Å². The Hall–Kier alpha value is -5.75. The zero-order chi connectivity index (χ0) is 35.2. The molecule has 15 heteroatoms. The van der Waals surface area contributed by atoms with Crippen molar-refractivity contribution in [3.05, 3.63) is 117 Å².